The van der Waals surface area contributed by atoms with Gasteiger partial charge in [0.25, 0.3) is 0 Å². The molecule has 0 aromatic heterocycles. The Morgan fingerprint density at radius 1 is 1.00 bits per heavy atom. The number of hydrogen-bond acceptors (Lipinski definition) is 2. The molecular weight excluding hydrogens is 188 g/mol. The van der Waals surface area contributed by atoms with Crippen LogP contribution in [0, 0.1) is 0 Å². The lowest BCUT2D eigenvalue weighted by atomic mass is 9.82. The van der Waals surface area contributed by atoms with Crippen LogP contribution in [-0.4, -0.2) is 10.2 Å². The molecule has 0 aliphatic rings. The molecule has 0 unspecified atom stereocenters. The topological polar surface area (TPSA) is 40.5 Å². The monoisotopic (exact) mass is 210 g/mol. The standard InChI is InChI=1S/C11H16O2.C2H6/c1-4-11(2,3)8-5-9(12)7-10(13)6-8;1-2/h5-7,12-13H,4H2,1-3H3;1-2H3. The average Bonchev–Trinajstić information content (AvgIpc) is 2.19. The second-order valence-electron chi connectivity index (χ2n) is 3.98. The van der Waals surface area contributed by atoms with Crippen LogP contribution in [0.4, 0.5) is 0 Å². The minimum atomic E-state index is -0.00375. The Morgan fingerprint density at radius 2 is 1.40 bits per heavy atom. The summed E-state index contributed by atoms with van der Waals surface area (Å²) in [6.07, 6.45) is 0.968. The van der Waals surface area contributed by atoms with Gasteiger partial charge in [-0.1, -0.05) is 34.6 Å². The lowest BCUT2D eigenvalue weighted by Gasteiger charge is -2.23. The molecule has 1 aromatic carbocycles. The number of phenolic OH excluding ortho intramolecular Hbond substituents is 2. The summed E-state index contributed by atoms with van der Waals surface area (Å²) < 4.78 is 0. The number of rotatable bonds is 2. The Morgan fingerprint density at radius 3 is 1.73 bits per heavy atom. The normalized spacial score (nSPS) is 10.5. The highest BCUT2D eigenvalue weighted by molar-refractivity contribution is 5.39. The molecule has 0 amide bonds. The van der Waals surface area contributed by atoms with Crippen molar-refractivity contribution >= 4 is 0 Å². The van der Waals surface area contributed by atoms with Crippen LogP contribution in [0.5, 0.6) is 11.5 Å². The maximum Gasteiger partial charge on any atom is 0.119 e. The fourth-order valence-corrected chi connectivity index (χ4v) is 1.19. The first-order chi connectivity index (χ1) is 6.95. The quantitative estimate of drug-likeness (QED) is 0.779. The van der Waals surface area contributed by atoms with E-state index in [1.165, 1.54) is 6.07 Å². The second-order valence-corrected chi connectivity index (χ2v) is 3.98. The van der Waals surface area contributed by atoms with Crippen LogP contribution in [0.25, 0.3) is 0 Å². The molecule has 0 saturated heterocycles. The van der Waals surface area contributed by atoms with Gasteiger partial charge in [0.05, 0.1) is 0 Å². The summed E-state index contributed by atoms with van der Waals surface area (Å²) >= 11 is 0. The van der Waals surface area contributed by atoms with E-state index in [1.54, 1.807) is 12.1 Å². The Kier molecular flexibility index (Phi) is 5.20. The summed E-state index contributed by atoms with van der Waals surface area (Å²) in [6.45, 7) is 10.3. The molecular formula is C13H22O2. The van der Waals surface area contributed by atoms with Gasteiger partial charge in [-0.15, -0.1) is 0 Å². The zero-order chi connectivity index (χ0) is 12.1. The lowest BCUT2D eigenvalue weighted by Crippen LogP contribution is -2.14. The molecule has 1 rings (SSSR count). The molecule has 2 nitrogen and oxygen atoms in total. The first-order valence-electron chi connectivity index (χ1n) is 5.49. The predicted octanol–water partition coefficient (Wildman–Crippen LogP) is 3.81. The molecule has 0 fully saturated rings. The Hall–Kier alpha value is -1.18. The second kappa shape index (κ2) is 5.64. The Bertz CT molecular complexity index is 283. The van der Waals surface area contributed by atoms with E-state index in [-0.39, 0.29) is 16.9 Å². The third-order valence-corrected chi connectivity index (χ3v) is 2.57. The summed E-state index contributed by atoms with van der Waals surface area (Å²) in [7, 11) is 0. The van der Waals surface area contributed by atoms with Crippen molar-refractivity contribution in [2.24, 2.45) is 0 Å². The third-order valence-electron chi connectivity index (χ3n) is 2.57. The first kappa shape index (κ1) is 13.8. The predicted molar refractivity (Wildman–Crippen MR) is 64.4 cm³/mol. The lowest BCUT2D eigenvalue weighted by molar-refractivity contribution is 0.438. The van der Waals surface area contributed by atoms with E-state index in [2.05, 4.69) is 20.8 Å². The molecule has 0 spiro atoms. The molecule has 15 heavy (non-hydrogen) atoms. The molecule has 0 bridgehead atoms. The average molecular weight is 210 g/mol. The van der Waals surface area contributed by atoms with Gasteiger partial charge in [0.1, 0.15) is 11.5 Å². The minimum Gasteiger partial charge on any atom is -0.508 e. The van der Waals surface area contributed by atoms with Crippen molar-refractivity contribution < 1.29 is 10.2 Å². The van der Waals surface area contributed by atoms with Gasteiger partial charge >= 0.3 is 0 Å². The highest BCUT2D eigenvalue weighted by atomic mass is 16.3. The summed E-state index contributed by atoms with van der Waals surface area (Å²) in [4.78, 5) is 0. The number of phenols is 2. The van der Waals surface area contributed by atoms with E-state index in [0.717, 1.165) is 12.0 Å². The molecule has 0 aliphatic heterocycles. The van der Waals surface area contributed by atoms with E-state index in [0.29, 0.717) is 0 Å². The van der Waals surface area contributed by atoms with Crippen LogP contribution in [0.3, 0.4) is 0 Å². The van der Waals surface area contributed by atoms with Crippen LogP contribution in [0.2, 0.25) is 0 Å². The Balaban J connectivity index is 0.000000921. The number of aromatic hydroxyl groups is 2. The van der Waals surface area contributed by atoms with E-state index in [4.69, 9.17) is 0 Å². The summed E-state index contributed by atoms with van der Waals surface area (Å²) in [5, 5.41) is 18.6. The van der Waals surface area contributed by atoms with Crippen LogP contribution in [0.1, 0.15) is 46.6 Å². The van der Waals surface area contributed by atoms with Gasteiger partial charge in [-0.3, -0.25) is 0 Å². The van der Waals surface area contributed by atoms with E-state index < -0.39 is 0 Å². The maximum absolute atomic E-state index is 9.29. The molecule has 2 heteroatoms. The van der Waals surface area contributed by atoms with Crippen molar-refractivity contribution in [3.05, 3.63) is 23.8 Å². The summed E-state index contributed by atoms with van der Waals surface area (Å²) in [6, 6.07) is 4.74. The van der Waals surface area contributed by atoms with Gasteiger partial charge in [0, 0.05) is 6.07 Å². The smallest absolute Gasteiger partial charge is 0.119 e. The highest BCUT2D eigenvalue weighted by Gasteiger charge is 2.19. The van der Waals surface area contributed by atoms with Crippen molar-refractivity contribution in [3.63, 3.8) is 0 Å². The van der Waals surface area contributed by atoms with Crippen LogP contribution in [-0.2, 0) is 5.41 Å². The van der Waals surface area contributed by atoms with Gasteiger partial charge in [-0.25, -0.2) is 0 Å². The van der Waals surface area contributed by atoms with Crippen molar-refractivity contribution in [2.45, 2.75) is 46.5 Å². The van der Waals surface area contributed by atoms with Crippen LogP contribution in [0.15, 0.2) is 18.2 Å². The summed E-state index contributed by atoms with van der Waals surface area (Å²) in [5.41, 5.74) is 0.962. The molecule has 0 radical (unpaired) electrons. The van der Waals surface area contributed by atoms with Crippen LogP contribution >= 0.6 is 0 Å². The molecule has 1 aromatic rings. The maximum atomic E-state index is 9.29. The highest BCUT2D eigenvalue weighted by Crippen LogP contribution is 2.32. The zero-order valence-electron chi connectivity index (χ0n) is 10.3. The number of hydrogen-bond donors (Lipinski definition) is 2. The molecule has 0 aliphatic carbocycles. The third kappa shape index (κ3) is 3.82. The Labute approximate surface area is 92.6 Å². The first-order valence-corrected chi connectivity index (χ1v) is 5.49. The largest absolute Gasteiger partial charge is 0.508 e. The fourth-order valence-electron chi connectivity index (χ4n) is 1.19. The van der Waals surface area contributed by atoms with Crippen molar-refractivity contribution in [3.8, 4) is 11.5 Å². The molecule has 0 saturated carbocycles. The van der Waals surface area contributed by atoms with E-state index >= 15 is 0 Å². The molecule has 0 atom stereocenters. The fraction of sp³-hybridized carbons (Fsp3) is 0.538. The van der Waals surface area contributed by atoms with Crippen LogP contribution < -0.4 is 0 Å². The van der Waals surface area contributed by atoms with E-state index in [1.807, 2.05) is 13.8 Å². The zero-order valence-corrected chi connectivity index (χ0v) is 10.3. The van der Waals surface area contributed by atoms with E-state index in [9.17, 15) is 10.2 Å². The van der Waals surface area contributed by atoms with Crippen molar-refractivity contribution in [1.82, 2.24) is 0 Å². The molecule has 86 valence electrons. The molecule has 2 N–H and O–H groups in total. The van der Waals surface area contributed by atoms with Gasteiger partial charge in [0.2, 0.25) is 0 Å². The van der Waals surface area contributed by atoms with Gasteiger partial charge in [0.15, 0.2) is 0 Å². The number of benzene rings is 1. The van der Waals surface area contributed by atoms with Gasteiger partial charge < -0.3 is 10.2 Å². The molecule has 0 heterocycles. The minimum absolute atomic E-state index is 0.00375. The summed E-state index contributed by atoms with van der Waals surface area (Å²) in [5.74, 6) is 0.244. The van der Waals surface area contributed by atoms with Crippen molar-refractivity contribution in [1.29, 1.82) is 0 Å². The van der Waals surface area contributed by atoms with Crippen molar-refractivity contribution in [2.75, 3.05) is 0 Å². The van der Waals surface area contributed by atoms with Gasteiger partial charge in [-0.2, -0.15) is 0 Å². The van der Waals surface area contributed by atoms with Gasteiger partial charge in [-0.05, 0) is 29.5 Å². The SMILES string of the molecule is CC.CCC(C)(C)c1cc(O)cc(O)c1.